The summed E-state index contributed by atoms with van der Waals surface area (Å²) in [5.41, 5.74) is 7.34. The predicted molar refractivity (Wildman–Crippen MR) is 77.4 cm³/mol. The quantitative estimate of drug-likeness (QED) is 0.671. The number of aromatic nitrogens is 1. The van der Waals surface area contributed by atoms with E-state index >= 15 is 0 Å². The summed E-state index contributed by atoms with van der Waals surface area (Å²) >= 11 is 11.1. The molecule has 1 aromatic heterocycles. The molecule has 0 spiro atoms. The third kappa shape index (κ3) is 3.63. The van der Waals surface area contributed by atoms with Crippen molar-refractivity contribution < 1.29 is 0 Å². The van der Waals surface area contributed by atoms with Crippen LogP contribution in [0.2, 0.25) is 5.02 Å². The Kier molecular flexibility index (Phi) is 4.31. The number of hydrogen-bond acceptors (Lipinski definition) is 3. The molecule has 17 heavy (non-hydrogen) atoms. The summed E-state index contributed by atoms with van der Waals surface area (Å²) in [5, 5.41) is 0.687. The maximum absolute atomic E-state index is 6.09. The molecule has 1 aromatic carbocycles. The Morgan fingerprint density at radius 1 is 1.29 bits per heavy atom. The van der Waals surface area contributed by atoms with Gasteiger partial charge in [-0.2, -0.15) is 0 Å². The number of thioether (sulfide) groups is 1. The molecule has 2 rings (SSSR count). The second-order valence-electron chi connectivity index (χ2n) is 3.45. The molecule has 88 valence electrons. The van der Waals surface area contributed by atoms with Crippen molar-refractivity contribution in [2.75, 3.05) is 5.73 Å². The number of nitrogens with zero attached hydrogens (tertiary/aromatic N) is 1. The largest absolute Gasteiger partial charge is 0.399 e. The summed E-state index contributed by atoms with van der Waals surface area (Å²) in [6.45, 7) is 0. The van der Waals surface area contributed by atoms with Gasteiger partial charge in [-0.05, 0) is 46.3 Å². The molecule has 0 aliphatic carbocycles. The van der Waals surface area contributed by atoms with Crippen molar-refractivity contribution >= 4 is 45.0 Å². The fraction of sp³-hybridized carbons (Fsp3) is 0.0833. The molecule has 0 radical (unpaired) electrons. The van der Waals surface area contributed by atoms with Gasteiger partial charge in [0.25, 0.3) is 0 Å². The molecule has 0 saturated heterocycles. The van der Waals surface area contributed by atoms with E-state index in [1.165, 1.54) is 0 Å². The summed E-state index contributed by atoms with van der Waals surface area (Å²) in [6, 6.07) is 9.51. The van der Waals surface area contributed by atoms with Crippen LogP contribution in [0.3, 0.4) is 0 Å². The first kappa shape index (κ1) is 12.7. The lowest BCUT2D eigenvalue weighted by molar-refractivity contribution is 1.16. The highest BCUT2D eigenvalue weighted by Gasteiger charge is 2.03. The number of halogens is 2. The van der Waals surface area contributed by atoms with Crippen molar-refractivity contribution in [3.05, 3.63) is 51.7 Å². The second kappa shape index (κ2) is 5.76. The highest BCUT2D eigenvalue weighted by Crippen LogP contribution is 2.30. The maximum Gasteiger partial charge on any atom is 0.0562 e. The fourth-order valence-corrected chi connectivity index (χ4v) is 2.70. The highest BCUT2D eigenvalue weighted by molar-refractivity contribution is 9.10. The number of pyridine rings is 1. The topological polar surface area (TPSA) is 38.9 Å². The van der Waals surface area contributed by atoms with Gasteiger partial charge >= 0.3 is 0 Å². The van der Waals surface area contributed by atoms with E-state index in [1.54, 1.807) is 24.0 Å². The smallest absolute Gasteiger partial charge is 0.0562 e. The number of hydrogen-bond donors (Lipinski definition) is 1. The summed E-state index contributed by atoms with van der Waals surface area (Å²) in [5.74, 6) is 0.789. The third-order valence-electron chi connectivity index (χ3n) is 2.12. The molecule has 0 fully saturated rings. The summed E-state index contributed by atoms with van der Waals surface area (Å²) in [4.78, 5) is 5.32. The van der Waals surface area contributed by atoms with Crippen LogP contribution in [0.15, 0.2) is 45.9 Å². The van der Waals surface area contributed by atoms with E-state index in [4.69, 9.17) is 17.3 Å². The number of benzene rings is 1. The van der Waals surface area contributed by atoms with E-state index in [0.29, 0.717) is 10.7 Å². The fourth-order valence-electron chi connectivity index (χ4n) is 1.28. The molecule has 5 heteroatoms. The van der Waals surface area contributed by atoms with Crippen LogP contribution in [0.1, 0.15) is 5.69 Å². The van der Waals surface area contributed by atoms with E-state index in [9.17, 15) is 0 Å². The van der Waals surface area contributed by atoms with Crippen LogP contribution in [-0.4, -0.2) is 4.98 Å². The van der Waals surface area contributed by atoms with Crippen LogP contribution in [0.4, 0.5) is 5.69 Å². The first-order valence-electron chi connectivity index (χ1n) is 4.93. The lowest BCUT2D eigenvalue weighted by Crippen LogP contribution is -1.87. The van der Waals surface area contributed by atoms with E-state index in [-0.39, 0.29) is 0 Å². The highest BCUT2D eigenvalue weighted by atomic mass is 79.9. The van der Waals surface area contributed by atoms with Gasteiger partial charge in [-0.3, -0.25) is 4.98 Å². The molecule has 0 unspecified atom stereocenters. The molecule has 0 amide bonds. The van der Waals surface area contributed by atoms with Crippen LogP contribution in [0.25, 0.3) is 0 Å². The van der Waals surface area contributed by atoms with Gasteiger partial charge in [-0.1, -0.05) is 11.6 Å². The first-order valence-corrected chi connectivity index (χ1v) is 7.09. The van der Waals surface area contributed by atoms with E-state index in [1.807, 2.05) is 24.3 Å². The van der Waals surface area contributed by atoms with Crippen LogP contribution >= 0.6 is 39.3 Å². The van der Waals surface area contributed by atoms with Crippen LogP contribution in [-0.2, 0) is 5.75 Å². The Morgan fingerprint density at radius 3 is 2.76 bits per heavy atom. The minimum atomic E-state index is 0.682. The minimum Gasteiger partial charge on any atom is -0.399 e. The Hall–Kier alpha value is -0.710. The Labute approximate surface area is 118 Å². The van der Waals surface area contributed by atoms with Gasteiger partial charge in [0.05, 0.1) is 10.7 Å². The van der Waals surface area contributed by atoms with E-state index in [0.717, 1.165) is 20.8 Å². The molecule has 0 aliphatic heterocycles. The normalized spacial score (nSPS) is 10.5. The van der Waals surface area contributed by atoms with Crippen molar-refractivity contribution in [3.63, 3.8) is 0 Å². The average molecular weight is 330 g/mol. The standard InChI is InChI=1S/C12H10BrClN2S/c13-8-1-3-10(16-6-8)7-17-12-4-2-9(15)5-11(12)14/h1-6H,7,15H2. The lowest BCUT2D eigenvalue weighted by atomic mass is 10.3. The van der Waals surface area contributed by atoms with E-state index < -0.39 is 0 Å². The summed E-state index contributed by atoms with van der Waals surface area (Å²) in [6.07, 6.45) is 1.79. The van der Waals surface area contributed by atoms with Crippen molar-refractivity contribution in [2.24, 2.45) is 0 Å². The SMILES string of the molecule is Nc1ccc(SCc2ccc(Br)cn2)c(Cl)c1. The maximum atomic E-state index is 6.09. The van der Waals surface area contributed by atoms with Gasteiger partial charge in [0.2, 0.25) is 0 Å². The molecular formula is C12H10BrClN2S. The number of anilines is 1. The van der Waals surface area contributed by atoms with Gasteiger partial charge in [0.15, 0.2) is 0 Å². The van der Waals surface area contributed by atoms with Gasteiger partial charge < -0.3 is 5.73 Å². The molecule has 0 aliphatic rings. The molecule has 1 heterocycles. The number of rotatable bonds is 3. The Bertz CT molecular complexity index is 516. The van der Waals surface area contributed by atoms with Crippen molar-refractivity contribution in [3.8, 4) is 0 Å². The second-order valence-corrected chi connectivity index (χ2v) is 5.79. The average Bonchev–Trinajstić information content (AvgIpc) is 2.30. The number of nitrogen functional groups attached to an aromatic ring is 1. The molecule has 2 N–H and O–H groups in total. The molecule has 0 saturated carbocycles. The van der Waals surface area contributed by atoms with Crippen molar-refractivity contribution in [1.82, 2.24) is 4.98 Å². The number of nitrogens with two attached hydrogens (primary N) is 1. The zero-order chi connectivity index (χ0) is 12.3. The lowest BCUT2D eigenvalue weighted by Gasteiger charge is -2.04. The predicted octanol–water partition coefficient (Wildman–Crippen LogP) is 4.37. The molecule has 0 atom stereocenters. The Morgan fingerprint density at radius 2 is 2.12 bits per heavy atom. The third-order valence-corrected chi connectivity index (χ3v) is 4.12. The first-order chi connectivity index (χ1) is 8.15. The zero-order valence-corrected chi connectivity index (χ0v) is 12.0. The summed E-state index contributed by atoms with van der Waals surface area (Å²) < 4.78 is 0.983. The molecule has 0 bridgehead atoms. The molecular weight excluding hydrogens is 320 g/mol. The van der Waals surface area contributed by atoms with Gasteiger partial charge in [0.1, 0.15) is 0 Å². The van der Waals surface area contributed by atoms with E-state index in [2.05, 4.69) is 20.9 Å². The van der Waals surface area contributed by atoms with Gasteiger partial charge in [-0.25, -0.2) is 0 Å². The Balaban J connectivity index is 2.04. The minimum absolute atomic E-state index is 0.682. The van der Waals surface area contributed by atoms with Crippen LogP contribution < -0.4 is 5.73 Å². The van der Waals surface area contributed by atoms with Gasteiger partial charge in [-0.15, -0.1) is 11.8 Å². The monoisotopic (exact) mass is 328 g/mol. The van der Waals surface area contributed by atoms with Crippen molar-refractivity contribution in [1.29, 1.82) is 0 Å². The zero-order valence-electron chi connectivity index (χ0n) is 8.86. The molecule has 2 nitrogen and oxygen atoms in total. The van der Waals surface area contributed by atoms with Crippen LogP contribution in [0.5, 0.6) is 0 Å². The van der Waals surface area contributed by atoms with Crippen molar-refractivity contribution in [2.45, 2.75) is 10.6 Å². The molecule has 2 aromatic rings. The van der Waals surface area contributed by atoms with Gasteiger partial charge in [0, 0.05) is 27.0 Å². The summed E-state index contributed by atoms with van der Waals surface area (Å²) in [7, 11) is 0. The van der Waals surface area contributed by atoms with Crippen LogP contribution in [0, 0.1) is 0 Å².